The Morgan fingerprint density at radius 1 is 0.957 bits per heavy atom. The third kappa shape index (κ3) is 5.18. The van der Waals surface area contributed by atoms with Gasteiger partial charge in [-0.15, -0.1) is 0 Å². The lowest BCUT2D eigenvalue weighted by molar-refractivity contribution is -0.335. The van der Waals surface area contributed by atoms with E-state index in [9.17, 15) is 30.0 Å². The molecule has 0 aromatic heterocycles. The first-order chi connectivity index (χ1) is 21.9. The molecule has 0 bridgehead atoms. The molecule has 10 nitrogen and oxygen atoms in total. The van der Waals surface area contributed by atoms with Crippen molar-refractivity contribution in [2.45, 2.75) is 142 Å². The Hall–Kier alpha value is -1.82. The number of fused-ring (bicyclic) bond motifs is 4. The van der Waals surface area contributed by atoms with Gasteiger partial charge in [-0.3, -0.25) is 9.59 Å². The highest BCUT2D eigenvalue weighted by Crippen LogP contribution is 2.75. The van der Waals surface area contributed by atoms with Crippen LogP contribution in [0.25, 0.3) is 0 Å². The van der Waals surface area contributed by atoms with Gasteiger partial charge in [-0.2, -0.15) is 0 Å². The van der Waals surface area contributed by atoms with Crippen LogP contribution in [0.15, 0.2) is 23.8 Å². The van der Waals surface area contributed by atoms with Gasteiger partial charge in [0.2, 0.25) is 0 Å². The molecule has 264 valence electrons. The molecule has 47 heavy (non-hydrogen) atoms. The highest BCUT2D eigenvalue weighted by molar-refractivity contribution is 5.66. The Morgan fingerprint density at radius 3 is 2.32 bits per heavy atom. The molecular formula is C37H56O10. The van der Waals surface area contributed by atoms with Crippen molar-refractivity contribution >= 4 is 11.9 Å². The van der Waals surface area contributed by atoms with Crippen molar-refractivity contribution < 1.29 is 49.0 Å². The van der Waals surface area contributed by atoms with Gasteiger partial charge in [0.1, 0.15) is 37.1 Å². The molecule has 0 radical (unpaired) electrons. The maximum atomic E-state index is 12.2. The average molecular weight is 661 g/mol. The average Bonchev–Trinajstić information content (AvgIpc) is 3.38. The summed E-state index contributed by atoms with van der Waals surface area (Å²) in [5, 5.41) is 44.1. The standard InChI is InChI=1S/C37H56O10/c1-18-19(2)23(40)16-37-14-11-25-35(7)13-12-28(45-21(4)39)34(5,6)27(35)15-29(36(25,8)26(37)10-9-22(18)37)47-33-32(43)31(42)30(41)24(46-33)17-44-20(3)38/h10,18,22-25,27-33,40-43H,2,9,11-17H2,1,3-8H3/t18-,22-,23-,24+,25+,27-,28+,29+,30+,31-,32+,33-,35+,36+,37-/m0/s1. The van der Waals surface area contributed by atoms with Crippen LogP contribution in [0.4, 0.5) is 0 Å². The molecule has 1 aliphatic heterocycles. The number of aliphatic hydroxyl groups excluding tert-OH is 4. The zero-order valence-electron chi connectivity index (χ0n) is 29.1. The van der Waals surface area contributed by atoms with Gasteiger partial charge in [-0.25, -0.2) is 0 Å². The number of hydrogen-bond acceptors (Lipinski definition) is 10. The van der Waals surface area contributed by atoms with Crippen LogP contribution in [-0.2, 0) is 28.5 Å². The predicted octanol–water partition coefficient (Wildman–Crippen LogP) is 3.83. The van der Waals surface area contributed by atoms with Gasteiger partial charge in [0, 0.05) is 24.7 Å². The fourth-order valence-electron chi connectivity index (χ4n) is 12.0. The van der Waals surface area contributed by atoms with Crippen LogP contribution >= 0.6 is 0 Å². The summed E-state index contributed by atoms with van der Waals surface area (Å²) >= 11 is 0. The maximum Gasteiger partial charge on any atom is 0.302 e. The van der Waals surface area contributed by atoms with Crippen molar-refractivity contribution in [3.05, 3.63) is 23.8 Å². The number of aliphatic hydroxyl groups is 4. The molecule has 10 heteroatoms. The van der Waals surface area contributed by atoms with Crippen LogP contribution in [0.1, 0.15) is 93.4 Å². The Bertz CT molecular complexity index is 1310. The predicted molar refractivity (Wildman–Crippen MR) is 171 cm³/mol. The largest absolute Gasteiger partial charge is 0.463 e. The third-order valence-corrected chi connectivity index (χ3v) is 14.3. The molecule has 15 atom stereocenters. The first kappa shape index (κ1) is 35.0. The minimum Gasteiger partial charge on any atom is -0.463 e. The van der Waals surface area contributed by atoms with E-state index in [1.165, 1.54) is 19.4 Å². The van der Waals surface area contributed by atoms with E-state index in [0.717, 1.165) is 37.7 Å². The molecule has 0 aromatic rings. The molecule has 5 fully saturated rings. The fraction of sp³-hybridized carbons (Fsp3) is 0.838. The molecule has 0 amide bonds. The van der Waals surface area contributed by atoms with E-state index in [2.05, 4.69) is 47.3 Å². The van der Waals surface area contributed by atoms with Crippen LogP contribution in [-0.4, -0.2) is 88.0 Å². The summed E-state index contributed by atoms with van der Waals surface area (Å²) in [6.07, 6.45) is -0.211. The second kappa shape index (κ2) is 11.9. The van der Waals surface area contributed by atoms with E-state index in [0.29, 0.717) is 18.8 Å². The summed E-state index contributed by atoms with van der Waals surface area (Å²) in [4.78, 5) is 23.8. The lowest BCUT2D eigenvalue weighted by Gasteiger charge is -2.70. The molecule has 4 N–H and O–H groups in total. The summed E-state index contributed by atoms with van der Waals surface area (Å²) in [5.74, 6) is -0.0818. The summed E-state index contributed by atoms with van der Waals surface area (Å²) in [6.45, 7) is 17.9. The van der Waals surface area contributed by atoms with Crippen molar-refractivity contribution in [3.8, 4) is 0 Å². The molecular weight excluding hydrogens is 604 g/mol. The molecule has 0 aromatic carbocycles. The van der Waals surface area contributed by atoms with Crippen LogP contribution in [0.3, 0.4) is 0 Å². The Labute approximate surface area is 278 Å². The van der Waals surface area contributed by atoms with E-state index >= 15 is 0 Å². The molecule has 5 aliphatic carbocycles. The molecule has 1 heterocycles. The molecule has 0 unspecified atom stereocenters. The van der Waals surface area contributed by atoms with Crippen molar-refractivity contribution in [1.29, 1.82) is 0 Å². The molecule has 1 spiro atoms. The van der Waals surface area contributed by atoms with Gasteiger partial charge in [0.25, 0.3) is 0 Å². The van der Waals surface area contributed by atoms with E-state index < -0.39 is 54.3 Å². The Morgan fingerprint density at radius 2 is 1.66 bits per heavy atom. The third-order valence-electron chi connectivity index (χ3n) is 14.3. The first-order valence-electron chi connectivity index (χ1n) is 17.6. The Kier molecular flexibility index (Phi) is 8.87. The monoisotopic (exact) mass is 660 g/mol. The second-order valence-corrected chi connectivity index (χ2v) is 16.8. The van der Waals surface area contributed by atoms with E-state index in [1.54, 1.807) is 0 Å². The zero-order chi connectivity index (χ0) is 34.4. The van der Waals surface area contributed by atoms with Gasteiger partial charge < -0.3 is 39.4 Å². The van der Waals surface area contributed by atoms with Gasteiger partial charge in [0.15, 0.2) is 6.29 Å². The SMILES string of the molecule is C=C1[C@@H](O)C[C@]23CC[C@@H]4[C@@]5(C)CC[C@@H](OC(C)=O)C(C)(C)[C@@H]5C[C@@H](O[C@@H]5O[C@H](COC(C)=O)[C@@H](O)[C@H](O)[C@H]5O)[C@@]4(C)C2=CC[C@H]3[C@H]1C. The molecule has 6 rings (SSSR count). The number of hydrogen-bond donors (Lipinski definition) is 4. The van der Waals surface area contributed by atoms with E-state index in [4.69, 9.17) is 18.9 Å². The topological polar surface area (TPSA) is 152 Å². The maximum absolute atomic E-state index is 12.2. The highest BCUT2D eigenvalue weighted by Gasteiger charge is 2.71. The highest BCUT2D eigenvalue weighted by atomic mass is 16.7. The summed E-state index contributed by atoms with van der Waals surface area (Å²) in [7, 11) is 0. The quantitative estimate of drug-likeness (QED) is 0.195. The lowest BCUT2D eigenvalue weighted by Crippen LogP contribution is -2.68. The number of carbonyl (C=O) groups excluding carboxylic acids is 2. The van der Waals surface area contributed by atoms with Crippen molar-refractivity contribution in [3.63, 3.8) is 0 Å². The van der Waals surface area contributed by atoms with Gasteiger partial charge in [-0.1, -0.05) is 52.8 Å². The van der Waals surface area contributed by atoms with Crippen molar-refractivity contribution in [1.82, 2.24) is 0 Å². The number of esters is 2. The van der Waals surface area contributed by atoms with E-state index in [-0.39, 0.29) is 52.7 Å². The molecule has 4 saturated carbocycles. The van der Waals surface area contributed by atoms with Crippen LogP contribution < -0.4 is 0 Å². The number of ether oxygens (including phenoxy) is 4. The van der Waals surface area contributed by atoms with Crippen molar-refractivity contribution in [2.24, 2.45) is 45.3 Å². The van der Waals surface area contributed by atoms with Crippen LogP contribution in [0.5, 0.6) is 0 Å². The Balaban J connectivity index is 1.42. The second-order valence-electron chi connectivity index (χ2n) is 16.8. The molecule has 1 saturated heterocycles. The van der Waals surface area contributed by atoms with Gasteiger partial charge >= 0.3 is 11.9 Å². The normalized spacial score (nSPS) is 50.3. The first-order valence-corrected chi connectivity index (χ1v) is 17.6. The summed E-state index contributed by atoms with van der Waals surface area (Å²) in [6, 6.07) is 0. The lowest BCUT2D eigenvalue weighted by atomic mass is 9.36. The van der Waals surface area contributed by atoms with Gasteiger partial charge in [-0.05, 0) is 85.0 Å². The number of carbonyl (C=O) groups is 2. The van der Waals surface area contributed by atoms with Gasteiger partial charge in [0.05, 0.1) is 12.2 Å². The summed E-state index contributed by atoms with van der Waals surface area (Å²) in [5.41, 5.74) is 1.02. The number of allylic oxidation sites excluding steroid dienone is 1. The zero-order valence-corrected chi connectivity index (χ0v) is 29.1. The van der Waals surface area contributed by atoms with Crippen LogP contribution in [0, 0.1) is 45.3 Å². The molecule has 6 aliphatic rings. The summed E-state index contributed by atoms with van der Waals surface area (Å²) < 4.78 is 24.1. The minimum atomic E-state index is -1.57. The minimum absolute atomic E-state index is 0.0896. The number of rotatable bonds is 5. The van der Waals surface area contributed by atoms with Crippen molar-refractivity contribution in [2.75, 3.05) is 6.61 Å². The smallest absolute Gasteiger partial charge is 0.302 e. The fourth-order valence-corrected chi connectivity index (χ4v) is 12.0. The van der Waals surface area contributed by atoms with E-state index in [1.807, 2.05) is 0 Å². The van der Waals surface area contributed by atoms with Crippen LogP contribution in [0.2, 0.25) is 0 Å².